The van der Waals surface area contributed by atoms with Crippen molar-refractivity contribution in [3.63, 3.8) is 0 Å². The molecule has 3 N–H and O–H groups in total. The van der Waals surface area contributed by atoms with Crippen molar-refractivity contribution in [2.45, 2.75) is 110 Å². The SMILES string of the molecule is CCCCCCCCCCCCCC(=O)N[C@H](C(N)=O)[C@@H](C)CC. The van der Waals surface area contributed by atoms with Gasteiger partial charge in [0.2, 0.25) is 11.8 Å². The van der Waals surface area contributed by atoms with Gasteiger partial charge >= 0.3 is 0 Å². The molecule has 2 amide bonds. The van der Waals surface area contributed by atoms with Gasteiger partial charge < -0.3 is 11.1 Å². The molecule has 24 heavy (non-hydrogen) atoms. The van der Waals surface area contributed by atoms with Crippen LogP contribution in [0.5, 0.6) is 0 Å². The molecule has 2 atom stereocenters. The van der Waals surface area contributed by atoms with Crippen molar-refractivity contribution in [3.05, 3.63) is 0 Å². The first kappa shape index (κ1) is 22.9. The molecule has 0 aliphatic rings. The molecule has 0 fully saturated rings. The normalized spacial score (nSPS) is 13.5. The molecule has 142 valence electrons. The predicted molar refractivity (Wildman–Crippen MR) is 102 cm³/mol. The fourth-order valence-electron chi connectivity index (χ4n) is 2.92. The minimum atomic E-state index is -0.532. The lowest BCUT2D eigenvalue weighted by Crippen LogP contribution is -2.48. The molecule has 0 unspecified atom stereocenters. The number of carbonyl (C=O) groups is 2. The molecule has 0 aromatic rings. The van der Waals surface area contributed by atoms with E-state index < -0.39 is 11.9 Å². The first-order valence-electron chi connectivity index (χ1n) is 10.1. The Kier molecular flexibility index (Phi) is 14.8. The molecule has 0 spiro atoms. The Morgan fingerprint density at radius 1 is 0.833 bits per heavy atom. The van der Waals surface area contributed by atoms with E-state index in [2.05, 4.69) is 12.2 Å². The molecule has 0 aromatic heterocycles. The molecule has 0 saturated carbocycles. The number of hydrogen-bond donors (Lipinski definition) is 2. The minimum Gasteiger partial charge on any atom is -0.368 e. The third kappa shape index (κ3) is 12.4. The van der Waals surface area contributed by atoms with Gasteiger partial charge in [-0.15, -0.1) is 0 Å². The Morgan fingerprint density at radius 2 is 1.29 bits per heavy atom. The number of unbranched alkanes of at least 4 members (excludes halogenated alkanes) is 10. The Hall–Kier alpha value is -1.06. The van der Waals surface area contributed by atoms with Crippen molar-refractivity contribution in [2.75, 3.05) is 0 Å². The van der Waals surface area contributed by atoms with Gasteiger partial charge in [0.05, 0.1) is 0 Å². The van der Waals surface area contributed by atoms with Crippen molar-refractivity contribution in [2.24, 2.45) is 11.7 Å². The number of amides is 2. The van der Waals surface area contributed by atoms with E-state index in [1.807, 2.05) is 13.8 Å². The fraction of sp³-hybridized carbons (Fsp3) is 0.900. The maximum absolute atomic E-state index is 11.9. The number of nitrogens with one attached hydrogen (secondary N) is 1. The van der Waals surface area contributed by atoms with E-state index in [-0.39, 0.29) is 11.8 Å². The van der Waals surface area contributed by atoms with E-state index in [0.29, 0.717) is 6.42 Å². The lowest BCUT2D eigenvalue weighted by molar-refractivity contribution is -0.128. The summed E-state index contributed by atoms with van der Waals surface area (Å²) in [5, 5.41) is 2.79. The lowest BCUT2D eigenvalue weighted by atomic mass is 9.98. The molecular weight excluding hydrogens is 300 g/mol. The van der Waals surface area contributed by atoms with Gasteiger partial charge in [0.15, 0.2) is 0 Å². The summed E-state index contributed by atoms with van der Waals surface area (Å²) in [7, 11) is 0. The summed E-state index contributed by atoms with van der Waals surface area (Å²) in [5.41, 5.74) is 5.37. The van der Waals surface area contributed by atoms with Gasteiger partial charge in [0, 0.05) is 6.42 Å². The topological polar surface area (TPSA) is 72.2 Å². The van der Waals surface area contributed by atoms with Gasteiger partial charge in [-0.1, -0.05) is 91.4 Å². The van der Waals surface area contributed by atoms with Crippen LogP contribution in [-0.4, -0.2) is 17.9 Å². The van der Waals surface area contributed by atoms with Crippen LogP contribution >= 0.6 is 0 Å². The van der Waals surface area contributed by atoms with Crippen LogP contribution in [0.15, 0.2) is 0 Å². The molecule has 0 saturated heterocycles. The van der Waals surface area contributed by atoms with Crippen molar-refractivity contribution in [1.82, 2.24) is 5.32 Å². The molecule has 0 aliphatic carbocycles. The van der Waals surface area contributed by atoms with Gasteiger partial charge in [-0.25, -0.2) is 0 Å². The summed E-state index contributed by atoms with van der Waals surface area (Å²) in [4.78, 5) is 23.3. The second kappa shape index (κ2) is 15.5. The van der Waals surface area contributed by atoms with Gasteiger partial charge in [0.1, 0.15) is 6.04 Å². The highest BCUT2D eigenvalue weighted by Gasteiger charge is 2.23. The molecule has 0 bridgehead atoms. The Morgan fingerprint density at radius 3 is 1.71 bits per heavy atom. The Labute approximate surface area is 149 Å². The Balaban J connectivity index is 3.56. The van der Waals surface area contributed by atoms with Crippen LogP contribution in [0.4, 0.5) is 0 Å². The molecule has 0 radical (unpaired) electrons. The second-order valence-corrected chi connectivity index (χ2v) is 7.12. The highest BCUT2D eigenvalue weighted by Crippen LogP contribution is 2.12. The molecule has 0 aromatic carbocycles. The van der Waals surface area contributed by atoms with E-state index >= 15 is 0 Å². The van der Waals surface area contributed by atoms with Crippen LogP contribution in [-0.2, 0) is 9.59 Å². The average Bonchev–Trinajstić information content (AvgIpc) is 2.56. The average molecular weight is 341 g/mol. The highest BCUT2D eigenvalue weighted by molar-refractivity contribution is 5.86. The number of hydrogen-bond acceptors (Lipinski definition) is 2. The van der Waals surface area contributed by atoms with Crippen molar-refractivity contribution in [1.29, 1.82) is 0 Å². The van der Waals surface area contributed by atoms with E-state index in [4.69, 9.17) is 5.73 Å². The first-order chi connectivity index (χ1) is 11.5. The van der Waals surface area contributed by atoms with Gasteiger partial charge in [-0.05, 0) is 12.3 Å². The standard InChI is InChI=1S/C20H40N2O2/c1-4-6-7-8-9-10-11-12-13-14-15-16-18(23)22-19(20(21)24)17(3)5-2/h17,19H,4-16H2,1-3H3,(H2,21,24)(H,22,23)/t17-,19-/m0/s1. The summed E-state index contributed by atoms with van der Waals surface area (Å²) in [6, 6.07) is -0.532. The third-order valence-corrected chi connectivity index (χ3v) is 4.84. The number of carbonyl (C=O) groups excluding carboxylic acids is 2. The quantitative estimate of drug-likeness (QED) is 0.400. The van der Waals surface area contributed by atoms with Crippen molar-refractivity contribution in [3.8, 4) is 0 Å². The van der Waals surface area contributed by atoms with E-state index in [1.54, 1.807) is 0 Å². The highest BCUT2D eigenvalue weighted by atomic mass is 16.2. The van der Waals surface area contributed by atoms with Gasteiger partial charge in [0.25, 0.3) is 0 Å². The molecule has 4 heteroatoms. The molecule has 0 heterocycles. The lowest BCUT2D eigenvalue weighted by Gasteiger charge is -2.21. The summed E-state index contributed by atoms with van der Waals surface area (Å²) >= 11 is 0. The Bertz CT molecular complexity index is 332. The van der Waals surface area contributed by atoms with E-state index in [9.17, 15) is 9.59 Å². The fourth-order valence-corrected chi connectivity index (χ4v) is 2.92. The maximum atomic E-state index is 11.9. The van der Waals surface area contributed by atoms with Crippen LogP contribution in [0, 0.1) is 5.92 Å². The molecule has 0 aliphatic heterocycles. The van der Waals surface area contributed by atoms with Crippen molar-refractivity contribution < 1.29 is 9.59 Å². The minimum absolute atomic E-state index is 0.0463. The first-order valence-corrected chi connectivity index (χ1v) is 10.1. The largest absolute Gasteiger partial charge is 0.368 e. The summed E-state index contributed by atoms with van der Waals surface area (Å²) in [6.07, 6.45) is 15.3. The molecule has 0 rings (SSSR count). The molecular formula is C20H40N2O2. The van der Waals surface area contributed by atoms with E-state index in [0.717, 1.165) is 19.3 Å². The van der Waals surface area contributed by atoms with Crippen LogP contribution in [0.1, 0.15) is 104 Å². The smallest absolute Gasteiger partial charge is 0.240 e. The van der Waals surface area contributed by atoms with Crippen LogP contribution in [0.3, 0.4) is 0 Å². The predicted octanol–water partition coefficient (Wildman–Crippen LogP) is 4.70. The summed E-state index contributed by atoms with van der Waals surface area (Å²) in [5.74, 6) is -0.393. The van der Waals surface area contributed by atoms with Crippen LogP contribution in [0.25, 0.3) is 0 Å². The number of nitrogens with two attached hydrogens (primary N) is 1. The number of rotatable bonds is 16. The molecule has 4 nitrogen and oxygen atoms in total. The second-order valence-electron chi connectivity index (χ2n) is 7.12. The third-order valence-electron chi connectivity index (χ3n) is 4.84. The van der Waals surface area contributed by atoms with Crippen LogP contribution < -0.4 is 11.1 Å². The maximum Gasteiger partial charge on any atom is 0.240 e. The zero-order valence-corrected chi connectivity index (χ0v) is 16.2. The number of primary amides is 1. The van der Waals surface area contributed by atoms with E-state index in [1.165, 1.54) is 57.8 Å². The van der Waals surface area contributed by atoms with Crippen molar-refractivity contribution >= 4 is 11.8 Å². The zero-order chi connectivity index (χ0) is 18.2. The zero-order valence-electron chi connectivity index (χ0n) is 16.2. The summed E-state index contributed by atoms with van der Waals surface area (Å²) in [6.45, 7) is 6.19. The summed E-state index contributed by atoms with van der Waals surface area (Å²) < 4.78 is 0. The monoisotopic (exact) mass is 340 g/mol. The van der Waals surface area contributed by atoms with Crippen LogP contribution in [0.2, 0.25) is 0 Å². The van der Waals surface area contributed by atoms with Gasteiger partial charge in [-0.2, -0.15) is 0 Å². The van der Waals surface area contributed by atoms with Gasteiger partial charge in [-0.3, -0.25) is 9.59 Å².